The van der Waals surface area contributed by atoms with Gasteiger partial charge in [-0.1, -0.05) is 18.6 Å². The first kappa shape index (κ1) is 30.3. The molecule has 0 bridgehead atoms. The molecule has 0 fully saturated rings. The van der Waals surface area contributed by atoms with E-state index in [2.05, 4.69) is 16.0 Å². The number of aromatic hydroxyl groups is 1. The van der Waals surface area contributed by atoms with E-state index in [4.69, 9.17) is 16.6 Å². The van der Waals surface area contributed by atoms with E-state index >= 15 is 0 Å². The maximum absolute atomic E-state index is 12.9. The third-order valence-electron chi connectivity index (χ3n) is 5.33. The van der Waals surface area contributed by atoms with E-state index in [0.717, 1.165) is 0 Å². The summed E-state index contributed by atoms with van der Waals surface area (Å²) in [6.07, 6.45) is 0.826. The number of aliphatic carboxylic acids is 2. The van der Waals surface area contributed by atoms with Crippen LogP contribution in [-0.4, -0.2) is 75.7 Å². The van der Waals surface area contributed by atoms with Crippen molar-refractivity contribution in [1.82, 2.24) is 16.0 Å². The van der Waals surface area contributed by atoms with Crippen molar-refractivity contribution in [2.75, 3.05) is 6.54 Å². The Balaban J connectivity index is 2.93. The molecular weight excluding hydrogens is 474 g/mol. The van der Waals surface area contributed by atoms with Crippen molar-refractivity contribution in [3.8, 4) is 5.75 Å². The minimum Gasteiger partial charge on any atom is -0.508 e. The van der Waals surface area contributed by atoms with Crippen LogP contribution in [0.15, 0.2) is 24.3 Å². The predicted molar refractivity (Wildman–Crippen MR) is 129 cm³/mol. The Kier molecular flexibility index (Phi) is 12.9. The smallest absolute Gasteiger partial charge is 0.326 e. The molecule has 0 spiro atoms. The summed E-state index contributed by atoms with van der Waals surface area (Å²) in [5.74, 6) is -4.78. The van der Waals surface area contributed by atoms with Crippen LogP contribution in [0.2, 0.25) is 0 Å². The van der Waals surface area contributed by atoms with E-state index < -0.39 is 60.2 Å². The molecule has 0 heterocycles. The Hall–Kier alpha value is -3.71. The van der Waals surface area contributed by atoms with Gasteiger partial charge in [-0.3, -0.25) is 19.2 Å². The number of carboxylic acid groups (broad SMARTS) is 2. The summed E-state index contributed by atoms with van der Waals surface area (Å²) in [4.78, 5) is 60.2. The molecule has 0 aromatic heterocycles. The van der Waals surface area contributed by atoms with Crippen LogP contribution in [0.3, 0.4) is 0 Å². The van der Waals surface area contributed by atoms with Gasteiger partial charge in [0.25, 0.3) is 0 Å². The number of phenolic OH excluding ortho intramolecular Hbond substituents is 1. The van der Waals surface area contributed by atoms with E-state index in [1.165, 1.54) is 31.2 Å². The topological polar surface area (TPSA) is 234 Å². The number of nitrogens with two attached hydrogens (primary N) is 2. The fourth-order valence-electron chi connectivity index (χ4n) is 3.20. The van der Waals surface area contributed by atoms with Gasteiger partial charge in [0.1, 0.15) is 23.9 Å². The van der Waals surface area contributed by atoms with Crippen molar-refractivity contribution >= 4 is 29.7 Å². The highest BCUT2D eigenvalue weighted by Gasteiger charge is 2.29. The molecule has 200 valence electrons. The second-order valence-electron chi connectivity index (χ2n) is 8.38. The summed E-state index contributed by atoms with van der Waals surface area (Å²) in [5, 5.41) is 34.9. The van der Waals surface area contributed by atoms with Gasteiger partial charge in [-0.2, -0.15) is 0 Å². The average Bonchev–Trinajstić information content (AvgIpc) is 2.81. The lowest BCUT2D eigenvalue weighted by atomic mass is 10.0. The van der Waals surface area contributed by atoms with Gasteiger partial charge >= 0.3 is 11.9 Å². The van der Waals surface area contributed by atoms with Crippen molar-refractivity contribution in [1.29, 1.82) is 0 Å². The molecule has 4 unspecified atom stereocenters. The largest absolute Gasteiger partial charge is 0.508 e. The molecule has 0 radical (unpaired) electrons. The number of benzene rings is 1. The highest BCUT2D eigenvalue weighted by molar-refractivity contribution is 5.94. The van der Waals surface area contributed by atoms with Crippen molar-refractivity contribution in [2.24, 2.45) is 11.5 Å². The van der Waals surface area contributed by atoms with Gasteiger partial charge in [0.05, 0.1) is 6.04 Å². The molecule has 1 rings (SSSR count). The summed E-state index contributed by atoms with van der Waals surface area (Å²) in [6, 6.07) is 1.16. The summed E-state index contributed by atoms with van der Waals surface area (Å²) >= 11 is 0. The number of carbonyl (C=O) groups excluding carboxylic acids is 3. The van der Waals surface area contributed by atoms with Gasteiger partial charge in [-0.05, 0) is 50.4 Å². The molecule has 13 heteroatoms. The van der Waals surface area contributed by atoms with Gasteiger partial charge < -0.3 is 42.7 Å². The van der Waals surface area contributed by atoms with Crippen LogP contribution in [0.25, 0.3) is 0 Å². The van der Waals surface area contributed by atoms with Gasteiger partial charge in [0.15, 0.2) is 0 Å². The van der Waals surface area contributed by atoms with Gasteiger partial charge in [-0.25, -0.2) is 4.79 Å². The van der Waals surface area contributed by atoms with Crippen LogP contribution < -0.4 is 27.4 Å². The quantitative estimate of drug-likeness (QED) is 0.124. The molecular formula is C23H35N5O8. The third kappa shape index (κ3) is 11.1. The highest BCUT2D eigenvalue weighted by atomic mass is 16.4. The van der Waals surface area contributed by atoms with E-state index in [9.17, 15) is 34.2 Å². The van der Waals surface area contributed by atoms with E-state index in [-0.39, 0.29) is 18.6 Å². The zero-order chi connectivity index (χ0) is 27.3. The number of carboxylic acids is 2. The van der Waals surface area contributed by atoms with Crippen LogP contribution in [0.5, 0.6) is 5.75 Å². The summed E-state index contributed by atoms with van der Waals surface area (Å²) in [6.45, 7) is 1.87. The molecule has 0 aliphatic carbocycles. The number of amides is 3. The lowest BCUT2D eigenvalue weighted by molar-refractivity contribution is -0.143. The van der Waals surface area contributed by atoms with E-state index in [1.54, 1.807) is 0 Å². The predicted octanol–water partition coefficient (Wildman–Crippen LogP) is -1.19. The fraction of sp³-hybridized carbons (Fsp3) is 0.522. The van der Waals surface area contributed by atoms with Crippen LogP contribution in [0.4, 0.5) is 0 Å². The molecule has 3 amide bonds. The summed E-state index contributed by atoms with van der Waals surface area (Å²) in [7, 11) is 0. The van der Waals surface area contributed by atoms with Crippen molar-refractivity contribution in [3.05, 3.63) is 29.8 Å². The minimum absolute atomic E-state index is 0.0115. The molecule has 4 atom stereocenters. The first-order valence-corrected chi connectivity index (χ1v) is 11.5. The summed E-state index contributed by atoms with van der Waals surface area (Å²) < 4.78 is 0. The molecule has 0 saturated carbocycles. The minimum atomic E-state index is -1.49. The zero-order valence-corrected chi connectivity index (χ0v) is 20.1. The number of phenols is 1. The van der Waals surface area contributed by atoms with Crippen molar-refractivity contribution in [2.45, 2.75) is 69.6 Å². The average molecular weight is 510 g/mol. The standard InChI is InChI=1S/C23H35N5O8/c1-13(26-21(33)16(25)4-2-3-11-24)20(32)28-18(12-14-5-7-15(29)8-6-14)22(34)27-17(23(35)36)9-10-19(30)31/h5-8,13,16-18,29H,2-4,9-12,24-25H2,1H3,(H,26,33)(H,27,34)(H,28,32)(H,30,31)(H,35,36). The second kappa shape index (κ2) is 15.3. The van der Waals surface area contributed by atoms with Crippen LogP contribution >= 0.6 is 0 Å². The molecule has 1 aromatic carbocycles. The molecule has 0 saturated heterocycles. The van der Waals surface area contributed by atoms with Crippen LogP contribution in [-0.2, 0) is 30.4 Å². The molecule has 36 heavy (non-hydrogen) atoms. The molecule has 10 N–H and O–H groups in total. The number of hydrogen-bond acceptors (Lipinski definition) is 8. The first-order valence-electron chi connectivity index (χ1n) is 11.5. The Morgan fingerprint density at radius 1 is 0.861 bits per heavy atom. The molecule has 13 nitrogen and oxygen atoms in total. The summed E-state index contributed by atoms with van der Waals surface area (Å²) in [5.41, 5.74) is 11.8. The monoisotopic (exact) mass is 509 g/mol. The zero-order valence-electron chi connectivity index (χ0n) is 20.1. The van der Waals surface area contributed by atoms with Crippen LogP contribution in [0.1, 0.15) is 44.6 Å². The maximum Gasteiger partial charge on any atom is 0.326 e. The highest BCUT2D eigenvalue weighted by Crippen LogP contribution is 2.12. The molecule has 1 aromatic rings. The second-order valence-corrected chi connectivity index (χ2v) is 8.38. The molecule has 0 aliphatic rings. The van der Waals surface area contributed by atoms with E-state index in [0.29, 0.717) is 31.4 Å². The van der Waals surface area contributed by atoms with Crippen molar-refractivity contribution in [3.63, 3.8) is 0 Å². The Morgan fingerprint density at radius 3 is 2.03 bits per heavy atom. The number of carbonyl (C=O) groups is 5. The lowest BCUT2D eigenvalue weighted by Gasteiger charge is -2.24. The maximum atomic E-state index is 12.9. The van der Waals surface area contributed by atoms with Gasteiger partial charge in [-0.15, -0.1) is 0 Å². The number of rotatable bonds is 16. The lowest BCUT2D eigenvalue weighted by Crippen LogP contribution is -2.57. The molecule has 0 aliphatic heterocycles. The van der Waals surface area contributed by atoms with Gasteiger partial charge in [0.2, 0.25) is 17.7 Å². The van der Waals surface area contributed by atoms with Crippen LogP contribution in [0, 0.1) is 0 Å². The number of unbranched alkanes of at least 4 members (excludes halogenated alkanes) is 1. The third-order valence-corrected chi connectivity index (χ3v) is 5.33. The SMILES string of the molecule is CC(NC(=O)C(N)CCCCN)C(=O)NC(Cc1ccc(O)cc1)C(=O)NC(CCC(=O)O)C(=O)O. The normalized spacial score (nSPS) is 14.1. The number of nitrogens with one attached hydrogen (secondary N) is 3. The Bertz CT molecular complexity index is 908. The van der Waals surface area contributed by atoms with Crippen molar-refractivity contribution < 1.29 is 39.3 Å². The first-order chi connectivity index (χ1) is 16.9. The number of hydrogen-bond donors (Lipinski definition) is 8. The fourth-order valence-corrected chi connectivity index (χ4v) is 3.20. The Morgan fingerprint density at radius 2 is 1.47 bits per heavy atom. The van der Waals surface area contributed by atoms with Gasteiger partial charge in [0, 0.05) is 12.8 Å². The Labute approximate surface area is 208 Å². The van der Waals surface area contributed by atoms with E-state index in [1.807, 2.05) is 0 Å².